The lowest BCUT2D eigenvalue weighted by molar-refractivity contribution is 0.0714. The summed E-state index contributed by atoms with van der Waals surface area (Å²) in [4.78, 5) is 17.5. The molecular weight excluding hydrogens is 357 g/mol. The number of para-hydroxylation sites is 1. The number of carbonyl (C=O) groups is 1. The minimum absolute atomic E-state index is 0.0766. The molecule has 6 heteroatoms. The normalized spacial score (nSPS) is 20.1. The molecule has 28 heavy (non-hydrogen) atoms. The van der Waals surface area contributed by atoms with Crippen LogP contribution in [-0.4, -0.2) is 56.2 Å². The number of piperidine rings is 1. The first-order valence-electron chi connectivity index (χ1n) is 9.94. The molecule has 0 radical (unpaired) electrons. The third-order valence-electron chi connectivity index (χ3n) is 5.41. The SMILES string of the molecule is O=C(c1ccccc1N1CCOCC1)N1CCC[C@H](Nc2ccc(F)cc2)C1. The van der Waals surface area contributed by atoms with Gasteiger partial charge in [0.2, 0.25) is 0 Å². The number of benzene rings is 2. The maximum absolute atomic E-state index is 13.3. The molecule has 1 amide bonds. The molecular formula is C22H26FN3O2. The van der Waals surface area contributed by atoms with E-state index >= 15 is 0 Å². The van der Waals surface area contributed by atoms with Crippen LogP contribution in [0.4, 0.5) is 15.8 Å². The molecule has 0 aliphatic carbocycles. The van der Waals surface area contributed by atoms with Gasteiger partial charge in [0.1, 0.15) is 5.82 Å². The fourth-order valence-corrected chi connectivity index (χ4v) is 3.97. The van der Waals surface area contributed by atoms with Crippen molar-refractivity contribution in [2.75, 3.05) is 49.6 Å². The van der Waals surface area contributed by atoms with E-state index in [4.69, 9.17) is 4.74 Å². The van der Waals surface area contributed by atoms with Crippen LogP contribution in [0.15, 0.2) is 48.5 Å². The number of rotatable bonds is 4. The first kappa shape index (κ1) is 18.7. The molecule has 0 saturated carbocycles. The Hall–Kier alpha value is -2.60. The monoisotopic (exact) mass is 383 g/mol. The predicted octanol–water partition coefficient (Wildman–Crippen LogP) is 3.38. The van der Waals surface area contributed by atoms with Gasteiger partial charge in [0, 0.05) is 43.6 Å². The zero-order chi connectivity index (χ0) is 19.3. The van der Waals surface area contributed by atoms with E-state index in [0.29, 0.717) is 19.8 Å². The maximum atomic E-state index is 13.3. The van der Waals surface area contributed by atoms with Gasteiger partial charge in [0.15, 0.2) is 0 Å². The molecule has 2 aromatic rings. The average Bonchev–Trinajstić information content (AvgIpc) is 2.76. The highest BCUT2D eigenvalue weighted by molar-refractivity contribution is 6.00. The molecule has 2 fully saturated rings. The highest BCUT2D eigenvalue weighted by atomic mass is 19.1. The van der Waals surface area contributed by atoms with E-state index in [9.17, 15) is 9.18 Å². The van der Waals surface area contributed by atoms with Crippen molar-refractivity contribution in [1.29, 1.82) is 0 Å². The van der Waals surface area contributed by atoms with Crippen molar-refractivity contribution in [1.82, 2.24) is 4.90 Å². The van der Waals surface area contributed by atoms with E-state index in [-0.39, 0.29) is 17.8 Å². The summed E-state index contributed by atoms with van der Waals surface area (Å²) in [5.41, 5.74) is 2.63. The average molecular weight is 383 g/mol. The lowest BCUT2D eigenvalue weighted by Crippen LogP contribution is -2.46. The second-order valence-corrected chi connectivity index (χ2v) is 7.36. The van der Waals surface area contributed by atoms with Crippen LogP contribution >= 0.6 is 0 Å². The minimum atomic E-state index is -0.245. The number of hydrogen-bond donors (Lipinski definition) is 1. The third-order valence-corrected chi connectivity index (χ3v) is 5.41. The molecule has 2 aliphatic rings. The van der Waals surface area contributed by atoms with E-state index in [1.54, 1.807) is 12.1 Å². The molecule has 148 valence electrons. The van der Waals surface area contributed by atoms with Gasteiger partial charge in [-0.25, -0.2) is 4.39 Å². The van der Waals surface area contributed by atoms with Crippen molar-refractivity contribution >= 4 is 17.3 Å². The van der Waals surface area contributed by atoms with E-state index in [1.807, 2.05) is 29.2 Å². The summed E-state index contributed by atoms with van der Waals surface area (Å²) < 4.78 is 18.6. The number of ether oxygens (including phenoxy) is 1. The number of anilines is 2. The smallest absolute Gasteiger partial charge is 0.256 e. The third kappa shape index (κ3) is 4.28. The molecule has 2 saturated heterocycles. The van der Waals surface area contributed by atoms with Crippen LogP contribution in [0.2, 0.25) is 0 Å². The van der Waals surface area contributed by atoms with Gasteiger partial charge in [-0.1, -0.05) is 12.1 Å². The zero-order valence-electron chi connectivity index (χ0n) is 15.9. The molecule has 0 aromatic heterocycles. The summed E-state index contributed by atoms with van der Waals surface area (Å²) >= 11 is 0. The van der Waals surface area contributed by atoms with Gasteiger partial charge in [0.05, 0.1) is 18.8 Å². The lowest BCUT2D eigenvalue weighted by Gasteiger charge is -2.35. The predicted molar refractivity (Wildman–Crippen MR) is 108 cm³/mol. The Morgan fingerprint density at radius 2 is 1.79 bits per heavy atom. The van der Waals surface area contributed by atoms with Crippen molar-refractivity contribution in [3.63, 3.8) is 0 Å². The molecule has 4 rings (SSSR count). The van der Waals surface area contributed by atoms with Gasteiger partial charge >= 0.3 is 0 Å². The van der Waals surface area contributed by atoms with Gasteiger partial charge in [0.25, 0.3) is 5.91 Å². The molecule has 0 bridgehead atoms. The summed E-state index contributed by atoms with van der Waals surface area (Å²) in [7, 11) is 0. The summed E-state index contributed by atoms with van der Waals surface area (Å²) in [5.74, 6) is -0.168. The largest absolute Gasteiger partial charge is 0.381 e. The van der Waals surface area contributed by atoms with Crippen molar-refractivity contribution in [3.8, 4) is 0 Å². The van der Waals surface area contributed by atoms with Crippen molar-refractivity contribution in [3.05, 3.63) is 59.9 Å². The molecule has 1 atom stereocenters. The number of halogens is 1. The lowest BCUT2D eigenvalue weighted by atomic mass is 10.0. The van der Waals surface area contributed by atoms with Crippen LogP contribution in [0.5, 0.6) is 0 Å². The molecule has 2 heterocycles. The number of nitrogens with zero attached hydrogens (tertiary/aromatic N) is 2. The van der Waals surface area contributed by atoms with Crippen LogP contribution in [-0.2, 0) is 4.74 Å². The Kier molecular flexibility index (Phi) is 5.76. The minimum Gasteiger partial charge on any atom is -0.381 e. The number of likely N-dealkylation sites (tertiary alicyclic amines) is 1. The summed E-state index contributed by atoms with van der Waals surface area (Å²) in [5, 5.41) is 3.43. The van der Waals surface area contributed by atoms with Crippen molar-refractivity contribution < 1.29 is 13.9 Å². The van der Waals surface area contributed by atoms with Crippen LogP contribution < -0.4 is 10.2 Å². The quantitative estimate of drug-likeness (QED) is 0.879. The second kappa shape index (κ2) is 8.61. The van der Waals surface area contributed by atoms with Crippen LogP contribution in [0.25, 0.3) is 0 Å². The van der Waals surface area contributed by atoms with E-state index in [0.717, 1.165) is 49.4 Å². The summed E-state index contributed by atoms with van der Waals surface area (Å²) in [6.07, 6.45) is 1.94. The molecule has 5 nitrogen and oxygen atoms in total. The van der Waals surface area contributed by atoms with E-state index < -0.39 is 0 Å². The number of amides is 1. The van der Waals surface area contributed by atoms with Gasteiger partial charge in [-0.2, -0.15) is 0 Å². The fraction of sp³-hybridized carbons (Fsp3) is 0.409. The number of carbonyl (C=O) groups excluding carboxylic acids is 1. The first-order chi connectivity index (χ1) is 13.7. The van der Waals surface area contributed by atoms with Crippen molar-refractivity contribution in [2.24, 2.45) is 0 Å². The number of hydrogen-bond acceptors (Lipinski definition) is 4. The zero-order valence-corrected chi connectivity index (χ0v) is 15.9. The second-order valence-electron chi connectivity index (χ2n) is 7.36. The van der Waals surface area contributed by atoms with E-state index in [2.05, 4.69) is 10.2 Å². The molecule has 2 aliphatic heterocycles. The Labute approximate surface area is 165 Å². The van der Waals surface area contributed by atoms with Gasteiger partial charge < -0.3 is 19.9 Å². The van der Waals surface area contributed by atoms with Gasteiger partial charge in [-0.15, -0.1) is 0 Å². The highest BCUT2D eigenvalue weighted by Crippen LogP contribution is 2.25. The van der Waals surface area contributed by atoms with Gasteiger partial charge in [-0.3, -0.25) is 4.79 Å². The van der Waals surface area contributed by atoms with Crippen LogP contribution in [0, 0.1) is 5.82 Å². The Balaban J connectivity index is 1.46. The molecule has 2 aromatic carbocycles. The van der Waals surface area contributed by atoms with Gasteiger partial charge in [-0.05, 0) is 49.2 Å². The first-order valence-corrected chi connectivity index (χ1v) is 9.94. The van der Waals surface area contributed by atoms with E-state index in [1.165, 1.54) is 12.1 Å². The summed E-state index contributed by atoms with van der Waals surface area (Å²) in [6.45, 7) is 4.40. The number of nitrogens with one attached hydrogen (secondary N) is 1. The van der Waals surface area contributed by atoms with Crippen molar-refractivity contribution in [2.45, 2.75) is 18.9 Å². The number of morpholine rings is 1. The van der Waals surface area contributed by atoms with Crippen LogP contribution in [0.3, 0.4) is 0 Å². The molecule has 0 spiro atoms. The molecule has 0 unspecified atom stereocenters. The Morgan fingerprint density at radius 1 is 1.04 bits per heavy atom. The Morgan fingerprint density at radius 3 is 2.57 bits per heavy atom. The van der Waals surface area contributed by atoms with Crippen LogP contribution in [0.1, 0.15) is 23.2 Å². The molecule has 1 N–H and O–H groups in total. The maximum Gasteiger partial charge on any atom is 0.256 e. The summed E-state index contributed by atoms with van der Waals surface area (Å²) in [6, 6.07) is 14.4. The Bertz CT molecular complexity index is 806. The highest BCUT2D eigenvalue weighted by Gasteiger charge is 2.27. The fourth-order valence-electron chi connectivity index (χ4n) is 3.97. The standard InChI is InChI=1S/C22H26FN3O2/c23-17-7-9-18(10-8-17)24-19-4-3-11-26(16-19)22(27)20-5-1-2-6-21(20)25-12-14-28-15-13-25/h1-2,5-10,19,24H,3-4,11-16H2/t19-/m0/s1. The topological polar surface area (TPSA) is 44.8 Å².